The molecule has 8 heteroatoms. The van der Waals surface area contributed by atoms with Crippen molar-refractivity contribution < 1.29 is 17.9 Å². The molecule has 1 amide bonds. The number of rotatable bonds is 2. The average molecular weight is 381 g/mol. The highest BCUT2D eigenvalue weighted by Gasteiger charge is 2.51. The molecule has 0 bridgehead atoms. The van der Waals surface area contributed by atoms with E-state index in [1.54, 1.807) is 4.90 Å². The maximum absolute atomic E-state index is 13.1. The van der Waals surface area contributed by atoms with Crippen LogP contribution < -0.4 is 5.73 Å². The van der Waals surface area contributed by atoms with Crippen molar-refractivity contribution in [3.63, 3.8) is 0 Å². The van der Waals surface area contributed by atoms with Crippen molar-refractivity contribution >= 4 is 28.2 Å². The van der Waals surface area contributed by atoms with Crippen LogP contribution in [0.4, 0.5) is 0 Å². The van der Waals surface area contributed by atoms with E-state index in [2.05, 4.69) is 0 Å². The van der Waals surface area contributed by atoms with E-state index in [0.29, 0.717) is 58.5 Å². The van der Waals surface area contributed by atoms with Crippen molar-refractivity contribution in [2.45, 2.75) is 49.7 Å². The van der Waals surface area contributed by atoms with Gasteiger partial charge in [0.25, 0.3) is 0 Å². The van der Waals surface area contributed by atoms with Crippen LogP contribution in [-0.2, 0) is 19.4 Å². The van der Waals surface area contributed by atoms with Crippen LogP contribution >= 0.6 is 12.4 Å². The molecule has 3 fully saturated rings. The molecule has 3 rings (SSSR count). The van der Waals surface area contributed by atoms with Crippen LogP contribution in [0.25, 0.3) is 0 Å². The summed E-state index contributed by atoms with van der Waals surface area (Å²) >= 11 is 0. The first-order chi connectivity index (χ1) is 10.9. The molecule has 0 atom stereocenters. The maximum atomic E-state index is 13.1. The summed E-state index contributed by atoms with van der Waals surface area (Å²) in [5.74, 6) is 0.138. The quantitative estimate of drug-likeness (QED) is 0.775. The molecule has 1 spiro atoms. The summed E-state index contributed by atoms with van der Waals surface area (Å²) in [6, 6.07) is 0. The summed E-state index contributed by atoms with van der Waals surface area (Å²) in [6.07, 6.45) is 5.64. The molecular weight excluding hydrogens is 352 g/mol. The fourth-order valence-electron chi connectivity index (χ4n) is 4.41. The predicted molar refractivity (Wildman–Crippen MR) is 95.0 cm³/mol. The minimum Gasteiger partial charge on any atom is -0.381 e. The largest absolute Gasteiger partial charge is 0.381 e. The number of ether oxygens (including phenoxy) is 1. The molecule has 1 saturated carbocycles. The molecule has 0 radical (unpaired) electrons. The Morgan fingerprint density at radius 3 is 2.29 bits per heavy atom. The number of carbonyl (C=O) groups excluding carboxylic acids is 1. The van der Waals surface area contributed by atoms with Gasteiger partial charge < -0.3 is 15.4 Å². The van der Waals surface area contributed by atoms with Crippen molar-refractivity contribution in [3.8, 4) is 0 Å². The van der Waals surface area contributed by atoms with E-state index in [1.807, 2.05) is 0 Å². The van der Waals surface area contributed by atoms with Crippen molar-refractivity contribution in [1.29, 1.82) is 0 Å². The van der Waals surface area contributed by atoms with Gasteiger partial charge in [0, 0.05) is 32.8 Å². The van der Waals surface area contributed by atoms with Crippen molar-refractivity contribution in [2.24, 2.45) is 11.1 Å². The number of amides is 1. The summed E-state index contributed by atoms with van der Waals surface area (Å²) in [5.41, 5.74) is 5.39. The van der Waals surface area contributed by atoms with Gasteiger partial charge in [-0.25, -0.2) is 8.42 Å². The molecule has 2 saturated heterocycles. The average Bonchev–Trinajstić information content (AvgIpc) is 2.58. The van der Waals surface area contributed by atoms with E-state index >= 15 is 0 Å². The molecule has 24 heavy (non-hydrogen) atoms. The molecular formula is C16H29ClN2O4S. The van der Waals surface area contributed by atoms with Crippen LogP contribution in [0.15, 0.2) is 0 Å². The number of hydrogen-bond acceptors (Lipinski definition) is 5. The Kier molecular flexibility index (Phi) is 6.21. The standard InChI is InChI=1S/C16H28N2O4S.ClH/c17-12-15(6-9-22-10-7-15)14(19)18-8-11-23(20,21)16(13-18)4-2-1-3-5-16;/h1-13,17H2;1H. The Bertz CT molecular complexity index is 554. The third kappa shape index (κ3) is 3.32. The van der Waals surface area contributed by atoms with Gasteiger partial charge in [-0.2, -0.15) is 0 Å². The minimum atomic E-state index is -3.12. The van der Waals surface area contributed by atoms with Gasteiger partial charge in [-0.3, -0.25) is 4.79 Å². The van der Waals surface area contributed by atoms with Gasteiger partial charge in [-0.05, 0) is 25.7 Å². The normalized spacial score (nSPS) is 28.1. The Hall–Kier alpha value is -0.370. The van der Waals surface area contributed by atoms with Crippen LogP contribution in [-0.4, -0.2) is 62.6 Å². The van der Waals surface area contributed by atoms with Crippen LogP contribution in [0.3, 0.4) is 0 Å². The highest BCUT2D eigenvalue weighted by atomic mass is 35.5. The summed E-state index contributed by atoms with van der Waals surface area (Å²) in [7, 11) is -3.12. The van der Waals surface area contributed by atoms with Gasteiger partial charge in [0.1, 0.15) is 0 Å². The number of nitrogens with two attached hydrogens (primary N) is 1. The lowest BCUT2D eigenvalue weighted by Crippen LogP contribution is -2.62. The van der Waals surface area contributed by atoms with Crippen LogP contribution in [0.5, 0.6) is 0 Å². The van der Waals surface area contributed by atoms with Gasteiger partial charge in [-0.15, -0.1) is 12.4 Å². The monoisotopic (exact) mass is 380 g/mol. The second-order valence-electron chi connectivity index (χ2n) is 7.39. The van der Waals surface area contributed by atoms with E-state index in [-0.39, 0.29) is 24.1 Å². The van der Waals surface area contributed by atoms with Gasteiger partial charge in [0.15, 0.2) is 9.84 Å². The smallest absolute Gasteiger partial charge is 0.230 e. The fourth-order valence-corrected chi connectivity index (χ4v) is 6.57. The third-order valence-electron chi connectivity index (χ3n) is 6.12. The van der Waals surface area contributed by atoms with E-state index < -0.39 is 20.0 Å². The van der Waals surface area contributed by atoms with E-state index in [9.17, 15) is 13.2 Å². The lowest BCUT2D eigenvalue weighted by Gasteiger charge is -2.47. The highest BCUT2D eigenvalue weighted by Crippen LogP contribution is 2.40. The first-order valence-corrected chi connectivity index (χ1v) is 10.4. The second-order valence-corrected chi connectivity index (χ2v) is 9.89. The molecule has 2 heterocycles. The topological polar surface area (TPSA) is 89.7 Å². The van der Waals surface area contributed by atoms with E-state index in [1.165, 1.54) is 0 Å². The number of halogens is 1. The third-order valence-corrected chi connectivity index (χ3v) is 8.69. The van der Waals surface area contributed by atoms with Crippen molar-refractivity contribution in [1.82, 2.24) is 4.90 Å². The Balaban J connectivity index is 0.00000208. The lowest BCUT2D eigenvalue weighted by atomic mass is 9.78. The minimum absolute atomic E-state index is 0. The first kappa shape index (κ1) is 19.9. The highest BCUT2D eigenvalue weighted by molar-refractivity contribution is 7.92. The predicted octanol–water partition coefficient (Wildman–Crippen LogP) is 1.12. The van der Waals surface area contributed by atoms with Crippen LogP contribution in [0, 0.1) is 5.41 Å². The molecule has 2 aliphatic heterocycles. The molecule has 0 aromatic carbocycles. The zero-order chi connectivity index (χ0) is 16.6. The zero-order valence-electron chi connectivity index (χ0n) is 14.2. The molecule has 140 valence electrons. The van der Waals surface area contributed by atoms with E-state index in [4.69, 9.17) is 10.5 Å². The van der Waals surface area contributed by atoms with Gasteiger partial charge >= 0.3 is 0 Å². The molecule has 2 N–H and O–H groups in total. The molecule has 0 aromatic heterocycles. The molecule has 3 aliphatic rings. The first-order valence-electron chi connectivity index (χ1n) is 8.74. The fraction of sp³-hybridized carbons (Fsp3) is 0.938. The molecule has 0 unspecified atom stereocenters. The second kappa shape index (κ2) is 7.48. The Morgan fingerprint density at radius 2 is 1.71 bits per heavy atom. The summed E-state index contributed by atoms with van der Waals surface area (Å²) in [4.78, 5) is 14.9. The molecule has 0 aromatic rings. The van der Waals surface area contributed by atoms with E-state index in [0.717, 1.165) is 19.3 Å². The lowest BCUT2D eigenvalue weighted by molar-refractivity contribution is -0.147. The Morgan fingerprint density at radius 1 is 1.08 bits per heavy atom. The van der Waals surface area contributed by atoms with Gasteiger partial charge in [0.2, 0.25) is 5.91 Å². The van der Waals surface area contributed by atoms with Crippen molar-refractivity contribution in [3.05, 3.63) is 0 Å². The number of sulfone groups is 1. The van der Waals surface area contributed by atoms with Crippen LogP contribution in [0.1, 0.15) is 44.9 Å². The number of nitrogens with zero attached hydrogens (tertiary/aromatic N) is 1. The molecule has 6 nitrogen and oxygen atoms in total. The maximum Gasteiger partial charge on any atom is 0.230 e. The number of carbonyl (C=O) groups is 1. The van der Waals surface area contributed by atoms with Gasteiger partial charge in [0.05, 0.1) is 15.9 Å². The summed E-state index contributed by atoms with van der Waals surface area (Å²) in [6.45, 7) is 2.09. The molecule has 1 aliphatic carbocycles. The summed E-state index contributed by atoms with van der Waals surface area (Å²) in [5, 5.41) is 0. The SMILES string of the molecule is Cl.NCC1(C(=O)N2CCS(=O)(=O)C3(CCCCC3)C2)CCOCC1. The number of hydrogen-bond donors (Lipinski definition) is 1. The van der Waals surface area contributed by atoms with Crippen molar-refractivity contribution in [2.75, 3.05) is 38.6 Å². The zero-order valence-corrected chi connectivity index (χ0v) is 15.8. The van der Waals surface area contributed by atoms with Crippen LogP contribution in [0.2, 0.25) is 0 Å². The summed E-state index contributed by atoms with van der Waals surface area (Å²) < 4.78 is 30.0. The van der Waals surface area contributed by atoms with Gasteiger partial charge in [-0.1, -0.05) is 19.3 Å². The Labute approximate surface area is 150 Å².